The number of rotatable bonds is 3. The van der Waals surface area contributed by atoms with Crippen LogP contribution >= 0.6 is 11.6 Å². The quantitative estimate of drug-likeness (QED) is 0.821. The Bertz CT molecular complexity index is 426. The fourth-order valence-electron chi connectivity index (χ4n) is 2.16. The molecular weight excluding hydrogens is 252 g/mol. The first-order valence-electron chi connectivity index (χ1n) is 6.22. The molecule has 2 unspecified atom stereocenters. The van der Waals surface area contributed by atoms with E-state index in [1.165, 1.54) is 6.20 Å². The van der Waals surface area contributed by atoms with E-state index in [4.69, 9.17) is 11.6 Å². The molecule has 1 aromatic heterocycles. The van der Waals surface area contributed by atoms with Crippen molar-refractivity contribution in [3.8, 4) is 0 Å². The Morgan fingerprint density at radius 1 is 1.67 bits per heavy atom. The highest BCUT2D eigenvalue weighted by atomic mass is 35.5. The van der Waals surface area contributed by atoms with Gasteiger partial charge in [0, 0.05) is 6.20 Å². The number of hydrogen-bond acceptors (Lipinski definition) is 4. The number of nitrogens with zero attached hydrogens (tertiary/aromatic N) is 2. The number of aromatic nitrogens is 2. The van der Waals surface area contributed by atoms with E-state index < -0.39 is 0 Å². The zero-order valence-electron chi connectivity index (χ0n) is 10.3. The van der Waals surface area contributed by atoms with Crippen LogP contribution in [0.25, 0.3) is 0 Å². The molecule has 0 saturated carbocycles. The Balaban J connectivity index is 1.95. The topological polar surface area (TPSA) is 66.9 Å². The van der Waals surface area contributed by atoms with Crippen LogP contribution in [0.15, 0.2) is 12.3 Å². The number of carbonyl (C=O) groups excluding carboxylic acids is 1. The van der Waals surface area contributed by atoms with Crippen LogP contribution in [0.5, 0.6) is 0 Å². The molecule has 6 heteroatoms. The highest BCUT2D eigenvalue weighted by Gasteiger charge is 2.26. The molecule has 0 spiro atoms. The third kappa shape index (κ3) is 3.40. The van der Waals surface area contributed by atoms with Gasteiger partial charge in [-0.25, -0.2) is 9.97 Å². The first kappa shape index (κ1) is 13.2. The second-order valence-corrected chi connectivity index (χ2v) is 4.88. The Hall–Kier alpha value is -1.20. The van der Waals surface area contributed by atoms with Gasteiger partial charge in [0.15, 0.2) is 0 Å². The lowest BCUT2D eigenvalue weighted by Gasteiger charge is -2.28. The van der Waals surface area contributed by atoms with Crippen molar-refractivity contribution in [2.75, 3.05) is 11.9 Å². The predicted octanol–water partition coefficient (Wildman–Crippen LogP) is 1.85. The van der Waals surface area contributed by atoms with Gasteiger partial charge in [0.2, 0.25) is 11.9 Å². The van der Waals surface area contributed by atoms with E-state index in [-0.39, 0.29) is 17.9 Å². The molecule has 2 rings (SSSR count). The number of hydrogen-bond donors (Lipinski definition) is 2. The zero-order valence-corrected chi connectivity index (χ0v) is 11.1. The van der Waals surface area contributed by atoms with Crippen molar-refractivity contribution < 1.29 is 4.79 Å². The highest BCUT2D eigenvalue weighted by Crippen LogP contribution is 2.20. The summed E-state index contributed by atoms with van der Waals surface area (Å²) in [5.74, 6) is 0.783. The summed E-state index contributed by atoms with van der Waals surface area (Å²) in [4.78, 5) is 19.9. The molecule has 2 heterocycles. The molecule has 1 aliphatic rings. The molecule has 5 nitrogen and oxygen atoms in total. The van der Waals surface area contributed by atoms with Crippen LogP contribution < -0.4 is 10.6 Å². The molecule has 1 aliphatic heterocycles. The number of nitrogens with one attached hydrogen (secondary N) is 2. The van der Waals surface area contributed by atoms with Gasteiger partial charge in [0.1, 0.15) is 5.15 Å². The van der Waals surface area contributed by atoms with Gasteiger partial charge in [0.25, 0.3) is 0 Å². The summed E-state index contributed by atoms with van der Waals surface area (Å²) in [5.41, 5.74) is 0. The molecule has 1 fully saturated rings. The van der Waals surface area contributed by atoms with Gasteiger partial charge in [-0.2, -0.15) is 0 Å². The van der Waals surface area contributed by atoms with E-state index in [0.29, 0.717) is 11.1 Å². The molecule has 2 N–H and O–H groups in total. The number of carbonyl (C=O) groups is 1. The van der Waals surface area contributed by atoms with E-state index in [1.54, 1.807) is 6.07 Å². The zero-order chi connectivity index (χ0) is 13.0. The number of anilines is 1. The smallest absolute Gasteiger partial charge is 0.243 e. The molecule has 1 amide bonds. The average molecular weight is 269 g/mol. The molecule has 0 aromatic carbocycles. The minimum absolute atomic E-state index is 0.0876. The molecule has 2 atom stereocenters. The molecular formula is C12H17ClN4O. The summed E-state index contributed by atoms with van der Waals surface area (Å²) < 4.78 is 0. The lowest BCUT2D eigenvalue weighted by Crippen LogP contribution is -2.46. The van der Waals surface area contributed by atoms with E-state index in [9.17, 15) is 4.79 Å². The average Bonchev–Trinajstić information content (AvgIpc) is 2.39. The van der Waals surface area contributed by atoms with Crippen molar-refractivity contribution in [3.05, 3.63) is 17.4 Å². The van der Waals surface area contributed by atoms with Crippen molar-refractivity contribution in [1.29, 1.82) is 0 Å². The molecule has 0 radical (unpaired) electrons. The largest absolute Gasteiger partial charge is 0.306 e. The van der Waals surface area contributed by atoms with E-state index in [0.717, 1.165) is 25.8 Å². The van der Waals surface area contributed by atoms with Crippen molar-refractivity contribution in [2.45, 2.75) is 32.2 Å². The maximum Gasteiger partial charge on any atom is 0.243 e. The predicted molar refractivity (Wildman–Crippen MR) is 70.5 cm³/mol. The molecule has 98 valence electrons. The maximum absolute atomic E-state index is 12.0. The van der Waals surface area contributed by atoms with Crippen LogP contribution in [0.2, 0.25) is 5.15 Å². The van der Waals surface area contributed by atoms with E-state index in [2.05, 4.69) is 27.5 Å². The molecule has 18 heavy (non-hydrogen) atoms. The number of piperidine rings is 1. The molecule has 1 aromatic rings. The standard InChI is InChI=1S/C12H17ClN4O/c1-2-8-3-5-14-9(7-8)11(18)17-12-15-6-4-10(13)16-12/h4,6,8-9,14H,2-3,5,7H2,1H3,(H,15,16,17,18). The SMILES string of the molecule is CCC1CCNC(C(=O)Nc2nccc(Cl)n2)C1. The first-order valence-corrected chi connectivity index (χ1v) is 6.59. The third-order valence-electron chi connectivity index (χ3n) is 3.26. The second kappa shape index (κ2) is 6.11. The summed E-state index contributed by atoms with van der Waals surface area (Å²) in [6.45, 7) is 3.04. The summed E-state index contributed by atoms with van der Waals surface area (Å²) >= 11 is 5.74. The van der Waals surface area contributed by atoms with Crippen LogP contribution in [0.3, 0.4) is 0 Å². The van der Waals surface area contributed by atoms with Crippen LogP contribution in [0.4, 0.5) is 5.95 Å². The maximum atomic E-state index is 12.0. The minimum Gasteiger partial charge on any atom is -0.306 e. The van der Waals surface area contributed by atoms with Gasteiger partial charge in [0.05, 0.1) is 6.04 Å². The first-order chi connectivity index (χ1) is 8.69. The summed E-state index contributed by atoms with van der Waals surface area (Å²) in [6, 6.07) is 1.41. The number of halogens is 1. The van der Waals surface area contributed by atoms with Crippen molar-refractivity contribution in [1.82, 2.24) is 15.3 Å². The third-order valence-corrected chi connectivity index (χ3v) is 3.47. The van der Waals surface area contributed by atoms with Crippen LogP contribution in [-0.4, -0.2) is 28.5 Å². The monoisotopic (exact) mass is 268 g/mol. The fraction of sp³-hybridized carbons (Fsp3) is 0.583. The lowest BCUT2D eigenvalue weighted by molar-refractivity contribution is -0.119. The summed E-state index contributed by atoms with van der Waals surface area (Å²) in [5, 5.41) is 6.23. The van der Waals surface area contributed by atoms with Gasteiger partial charge in [-0.3, -0.25) is 10.1 Å². The molecule has 0 aliphatic carbocycles. The molecule has 1 saturated heterocycles. The lowest BCUT2D eigenvalue weighted by atomic mass is 9.90. The van der Waals surface area contributed by atoms with E-state index >= 15 is 0 Å². The van der Waals surface area contributed by atoms with Gasteiger partial charge < -0.3 is 5.32 Å². The van der Waals surface area contributed by atoms with Crippen molar-refractivity contribution in [2.24, 2.45) is 5.92 Å². The summed E-state index contributed by atoms with van der Waals surface area (Å²) in [7, 11) is 0. The minimum atomic E-state index is -0.161. The van der Waals surface area contributed by atoms with Gasteiger partial charge in [-0.1, -0.05) is 24.9 Å². The van der Waals surface area contributed by atoms with Crippen molar-refractivity contribution >= 4 is 23.5 Å². The van der Waals surface area contributed by atoms with E-state index in [1.807, 2.05) is 0 Å². The Morgan fingerprint density at radius 3 is 3.22 bits per heavy atom. The number of amides is 1. The van der Waals surface area contributed by atoms with Crippen LogP contribution in [0, 0.1) is 5.92 Å². The van der Waals surface area contributed by atoms with Gasteiger partial charge in [-0.05, 0) is 31.4 Å². The fourth-order valence-corrected chi connectivity index (χ4v) is 2.30. The van der Waals surface area contributed by atoms with Crippen LogP contribution in [-0.2, 0) is 4.79 Å². The normalized spacial score (nSPS) is 23.7. The Kier molecular flexibility index (Phi) is 4.49. The van der Waals surface area contributed by atoms with Crippen molar-refractivity contribution in [3.63, 3.8) is 0 Å². The molecule has 0 bridgehead atoms. The Labute approximate surface area is 111 Å². The van der Waals surface area contributed by atoms with Gasteiger partial charge in [-0.15, -0.1) is 0 Å². The second-order valence-electron chi connectivity index (χ2n) is 4.50. The van der Waals surface area contributed by atoms with Crippen LogP contribution in [0.1, 0.15) is 26.2 Å². The summed E-state index contributed by atoms with van der Waals surface area (Å²) in [6.07, 6.45) is 4.63. The highest BCUT2D eigenvalue weighted by molar-refractivity contribution is 6.29. The van der Waals surface area contributed by atoms with Gasteiger partial charge >= 0.3 is 0 Å². The Morgan fingerprint density at radius 2 is 2.50 bits per heavy atom.